The van der Waals surface area contributed by atoms with Crippen molar-refractivity contribution >= 4 is 11.6 Å². The molecule has 19 heavy (non-hydrogen) atoms. The second kappa shape index (κ2) is 5.72. The van der Waals surface area contributed by atoms with Crippen LogP contribution in [-0.4, -0.2) is 11.0 Å². The number of hydrogen-bond acceptors (Lipinski definition) is 2. The maximum absolute atomic E-state index is 6.25. The molecular weight excluding hydrogens is 256 g/mol. The van der Waals surface area contributed by atoms with E-state index in [0.717, 1.165) is 23.7 Å². The van der Waals surface area contributed by atoms with E-state index in [1.165, 1.54) is 24.0 Å². The molecule has 0 radical (unpaired) electrons. The predicted octanol–water partition coefficient (Wildman–Crippen LogP) is 3.58. The zero-order valence-corrected chi connectivity index (χ0v) is 11.5. The van der Waals surface area contributed by atoms with Crippen LogP contribution < -0.4 is 5.32 Å². The largest absolute Gasteiger partial charge is 0.310 e. The van der Waals surface area contributed by atoms with Crippen molar-refractivity contribution in [2.45, 2.75) is 31.8 Å². The Kier molecular flexibility index (Phi) is 3.81. The smallest absolute Gasteiger partial charge is 0.0451 e. The Morgan fingerprint density at radius 3 is 2.84 bits per heavy atom. The van der Waals surface area contributed by atoms with Gasteiger partial charge in [-0.1, -0.05) is 29.8 Å². The maximum atomic E-state index is 6.25. The molecule has 1 N–H and O–H groups in total. The number of rotatable bonds is 5. The van der Waals surface area contributed by atoms with Crippen LogP contribution in [0.15, 0.2) is 42.6 Å². The van der Waals surface area contributed by atoms with Gasteiger partial charge in [0.15, 0.2) is 0 Å². The molecule has 0 bridgehead atoms. The first kappa shape index (κ1) is 12.6. The maximum Gasteiger partial charge on any atom is 0.0451 e. The minimum Gasteiger partial charge on any atom is -0.310 e. The standard InChI is InChI=1S/C16H17ClN2/c17-16-7-4-12(10-15-3-1-2-8-18-15)9-13(16)11-19-14-5-6-14/h1-4,7-9,14,19H,5-6,10-11H2. The van der Waals surface area contributed by atoms with Gasteiger partial charge in [-0.15, -0.1) is 0 Å². The lowest BCUT2D eigenvalue weighted by molar-refractivity contribution is 0.687. The summed E-state index contributed by atoms with van der Waals surface area (Å²) in [5, 5.41) is 4.35. The summed E-state index contributed by atoms with van der Waals surface area (Å²) in [7, 11) is 0. The van der Waals surface area contributed by atoms with Gasteiger partial charge in [-0.2, -0.15) is 0 Å². The number of nitrogens with zero attached hydrogens (tertiary/aromatic N) is 1. The summed E-state index contributed by atoms with van der Waals surface area (Å²) in [5.74, 6) is 0. The highest BCUT2D eigenvalue weighted by Crippen LogP contribution is 2.23. The molecule has 0 spiro atoms. The second-order valence-electron chi connectivity index (χ2n) is 5.08. The summed E-state index contributed by atoms with van der Waals surface area (Å²) in [6.45, 7) is 0.861. The average molecular weight is 273 g/mol. The molecule has 0 unspecified atom stereocenters. The van der Waals surface area contributed by atoms with Crippen molar-refractivity contribution in [3.05, 3.63) is 64.4 Å². The lowest BCUT2D eigenvalue weighted by atomic mass is 10.1. The van der Waals surface area contributed by atoms with E-state index < -0.39 is 0 Å². The van der Waals surface area contributed by atoms with Gasteiger partial charge in [0.25, 0.3) is 0 Å². The van der Waals surface area contributed by atoms with Crippen LogP contribution in [0.4, 0.5) is 0 Å². The molecule has 1 aromatic carbocycles. The number of aromatic nitrogens is 1. The Labute approximate surface area is 118 Å². The molecular formula is C16H17ClN2. The molecule has 0 atom stereocenters. The van der Waals surface area contributed by atoms with Crippen LogP contribution >= 0.6 is 11.6 Å². The third-order valence-electron chi connectivity index (χ3n) is 3.38. The van der Waals surface area contributed by atoms with E-state index in [-0.39, 0.29) is 0 Å². The Bertz CT molecular complexity index is 550. The van der Waals surface area contributed by atoms with E-state index in [9.17, 15) is 0 Å². The van der Waals surface area contributed by atoms with E-state index in [4.69, 9.17) is 11.6 Å². The molecule has 98 valence electrons. The third kappa shape index (κ3) is 3.55. The van der Waals surface area contributed by atoms with E-state index >= 15 is 0 Å². The summed E-state index contributed by atoms with van der Waals surface area (Å²) in [6, 6.07) is 13.0. The molecule has 2 aromatic rings. The van der Waals surface area contributed by atoms with Crippen molar-refractivity contribution in [2.75, 3.05) is 0 Å². The van der Waals surface area contributed by atoms with E-state index in [0.29, 0.717) is 6.04 Å². The topological polar surface area (TPSA) is 24.9 Å². The van der Waals surface area contributed by atoms with Gasteiger partial charge in [-0.3, -0.25) is 4.98 Å². The number of hydrogen-bond donors (Lipinski definition) is 1. The summed E-state index contributed by atoms with van der Waals surface area (Å²) in [5.41, 5.74) is 3.53. The van der Waals surface area contributed by atoms with Gasteiger partial charge < -0.3 is 5.32 Å². The molecule has 0 saturated heterocycles. The van der Waals surface area contributed by atoms with Crippen molar-refractivity contribution in [1.29, 1.82) is 0 Å². The fraction of sp³-hybridized carbons (Fsp3) is 0.312. The van der Waals surface area contributed by atoms with Gasteiger partial charge in [0.2, 0.25) is 0 Å². The Morgan fingerprint density at radius 1 is 1.21 bits per heavy atom. The normalized spacial score (nSPS) is 14.6. The minimum atomic E-state index is 0.704. The first-order chi connectivity index (χ1) is 9.31. The first-order valence-corrected chi connectivity index (χ1v) is 7.09. The zero-order valence-electron chi connectivity index (χ0n) is 10.8. The highest BCUT2D eigenvalue weighted by Gasteiger charge is 2.20. The number of benzene rings is 1. The summed E-state index contributed by atoms with van der Waals surface area (Å²) < 4.78 is 0. The summed E-state index contributed by atoms with van der Waals surface area (Å²) in [6.07, 6.45) is 5.28. The van der Waals surface area contributed by atoms with Gasteiger partial charge in [0.1, 0.15) is 0 Å². The number of halogens is 1. The second-order valence-corrected chi connectivity index (χ2v) is 5.49. The monoisotopic (exact) mass is 272 g/mol. The molecule has 2 nitrogen and oxygen atoms in total. The van der Waals surface area contributed by atoms with Crippen LogP contribution in [0, 0.1) is 0 Å². The molecule has 1 saturated carbocycles. The van der Waals surface area contributed by atoms with Gasteiger partial charge in [0.05, 0.1) is 0 Å². The van der Waals surface area contributed by atoms with Crippen LogP contribution in [0.3, 0.4) is 0 Å². The van der Waals surface area contributed by atoms with Gasteiger partial charge in [-0.05, 0) is 42.2 Å². The fourth-order valence-corrected chi connectivity index (χ4v) is 2.31. The van der Waals surface area contributed by atoms with Gasteiger partial charge in [0, 0.05) is 35.9 Å². The van der Waals surface area contributed by atoms with Crippen molar-refractivity contribution < 1.29 is 0 Å². The quantitative estimate of drug-likeness (QED) is 0.900. The molecule has 3 rings (SSSR count). The Hall–Kier alpha value is -1.38. The number of nitrogens with one attached hydrogen (secondary N) is 1. The van der Waals surface area contributed by atoms with Crippen LogP contribution in [0.2, 0.25) is 5.02 Å². The Balaban J connectivity index is 1.72. The van der Waals surface area contributed by atoms with Crippen LogP contribution in [0.5, 0.6) is 0 Å². The highest BCUT2D eigenvalue weighted by molar-refractivity contribution is 6.31. The van der Waals surface area contributed by atoms with Crippen molar-refractivity contribution in [3.63, 3.8) is 0 Å². The zero-order chi connectivity index (χ0) is 13.1. The van der Waals surface area contributed by atoms with Crippen molar-refractivity contribution in [2.24, 2.45) is 0 Å². The lowest BCUT2D eigenvalue weighted by Crippen LogP contribution is -2.15. The third-order valence-corrected chi connectivity index (χ3v) is 3.75. The SMILES string of the molecule is Clc1ccc(Cc2ccccn2)cc1CNC1CC1. The molecule has 1 aliphatic carbocycles. The summed E-state index contributed by atoms with van der Waals surface area (Å²) in [4.78, 5) is 4.36. The van der Waals surface area contributed by atoms with E-state index in [1.54, 1.807) is 0 Å². The molecule has 1 aromatic heterocycles. The van der Waals surface area contributed by atoms with Crippen LogP contribution in [0.1, 0.15) is 29.7 Å². The molecule has 3 heteroatoms. The first-order valence-electron chi connectivity index (χ1n) is 6.72. The summed E-state index contributed by atoms with van der Waals surface area (Å²) >= 11 is 6.25. The highest BCUT2D eigenvalue weighted by atomic mass is 35.5. The van der Waals surface area contributed by atoms with Crippen molar-refractivity contribution in [1.82, 2.24) is 10.3 Å². The lowest BCUT2D eigenvalue weighted by Gasteiger charge is -2.08. The molecule has 1 heterocycles. The molecule has 0 amide bonds. The predicted molar refractivity (Wildman–Crippen MR) is 78.4 cm³/mol. The Morgan fingerprint density at radius 2 is 2.11 bits per heavy atom. The van der Waals surface area contributed by atoms with Gasteiger partial charge >= 0.3 is 0 Å². The van der Waals surface area contributed by atoms with Crippen LogP contribution in [-0.2, 0) is 13.0 Å². The van der Waals surface area contributed by atoms with Gasteiger partial charge in [-0.25, -0.2) is 0 Å². The minimum absolute atomic E-state index is 0.704. The molecule has 1 aliphatic rings. The molecule has 0 aliphatic heterocycles. The average Bonchev–Trinajstić information content (AvgIpc) is 3.25. The fourth-order valence-electron chi connectivity index (χ4n) is 2.13. The van der Waals surface area contributed by atoms with E-state index in [2.05, 4.69) is 28.5 Å². The molecule has 1 fully saturated rings. The van der Waals surface area contributed by atoms with Crippen LogP contribution in [0.25, 0.3) is 0 Å². The van der Waals surface area contributed by atoms with E-state index in [1.807, 2.05) is 24.4 Å². The number of pyridine rings is 1. The van der Waals surface area contributed by atoms with Crippen molar-refractivity contribution in [3.8, 4) is 0 Å².